The number of anilines is 1. The molecule has 2 aromatic rings. The first kappa shape index (κ1) is 29.9. The summed E-state index contributed by atoms with van der Waals surface area (Å²) in [5.41, 5.74) is -2.13. The minimum absolute atomic E-state index is 0.0542. The molecule has 0 bridgehead atoms. The SMILES string of the molecule is CN1CC(C(=O)N(CCCN2CCC(Cc3ccccc3)CC2)c2cc(C(F)(F)F)cc(C(F)(F)F)c2)CC1=O. The van der Waals surface area contributed by atoms with Crippen LogP contribution >= 0.6 is 0 Å². The number of hydrogen-bond donors (Lipinski definition) is 0. The second kappa shape index (κ2) is 12.2. The van der Waals surface area contributed by atoms with Gasteiger partial charge < -0.3 is 14.7 Å². The van der Waals surface area contributed by atoms with Crippen molar-refractivity contribution >= 4 is 17.5 Å². The highest BCUT2D eigenvalue weighted by Crippen LogP contribution is 2.39. The Labute approximate surface area is 229 Å². The first-order valence-corrected chi connectivity index (χ1v) is 13.4. The number of piperidine rings is 1. The first-order valence-electron chi connectivity index (χ1n) is 13.4. The molecular weight excluding hydrogens is 536 g/mol. The van der Waals surface area contributed by atoms with Gasteiger partial charge >= 0.3 is 12.4 Å². The number of carbonyl (C=O) groups excluding carboxylic acids is 2. The van der Waals surface area contributed by atoms with E-state index in [0.717, 1.165) is 37.3 Å². The van der Waals surface area contributed by atoms with Gasteiger partial charge in [-0.3, -0.25) is 9.59 Å². The number of amides is 2. The second-order valence-electron chi connectivity index (χ2n) is 10.8. The van der Waals surface area contributed by atoms with Crippen molar-refractivity contribution in [3.63, 3.8) is 0 Å². The van der Waals surface area contributed by atoms with E-state index < -0.39 is 41.0 Å². The fourth-order valence-electron chi connectivity index (χ4n) is 5.52. The minimum Gasteiger partial charge on any atom is -0.345 e. The maximum atomic E-state index is 13.5. The quantitative estimate of drug-likeness (QED) is 0.373. The van der Waals surface area contributed by atoms with Gasteiger partial charge in [0.2, 0.25) is 11.8 Å². The van der Waals surface area contributed by atoms with Gasteiger partial charge in [-0.1, -0.05) is 30.3 Å². The predicted octanol–water partition coefficient (Wildman–Crippen LogP) is 5.88. The molecule has 2 saturated heterocycles. The summed E-state index contributed by atoms with van der Waals surface area (Å²) < 4.78 is 81.2. The molecule has 2 heterocycles. The molecule has 2 amide bonds. The summed E-state index contributed by atoms with van der Waals surface area (Å²) >= 11 is 0. The van der Waals surface area contributed by atoms with Crippen LogP contribution < -0.4 is 4.90 Å². The van der Waals surface area contributed by atoms with Crippen molar-refractivity contribution in [1.29, 1.82) is 0 Å². The molecule has 40 heavy (non-hydrogen) atoms. The van der Waals surface area contributed by atoms with Crippen LogP contribution in [0.5, 0.6) is 0 Å². The van der Waals surface area contributed by atoms with Crippen LogP contribution in [-0.2, 0) is 28.4 Å². The lowest BCUT2D eigenvalue weighted by Crippen LogP contribution is -2.40. The molecule has 0 saturated carbocycles. The summed E-state index contributed by atoms with van der Waals surface area (Å²) in [6.45, 7) is 2.21. The van der Waals surface area contributed by atoms with Crippen molar-refractivity contribution < 1.29 is 35.9 Å². The van der Waals surface area contributed by atoms with E-state index in [-0.39, 0.29) is 31.5 Å². The summed E-state index contributed by atoms with van der Waals surface area (Å²) in [5, 5.41) is 0. The summed E-state index contributed by atoms with van der Waals surface area (Å²) in [4.78, 5) is 30.0. The molecule has 2 aliphatic rings. The van der Waals surface area contributed by atoms with Gasteiger partial charge in [0.25, 0.3) is 0 Å². The number of nitrogens with zero attached hydrogens (tertiary/aromatic N) is 3. The summed E-state index contributed by atoms with van der Waals surface area (Å²) in [6.07, 6.45) is -6.87. The molecule has 218 valence electrons. The van der Waals surface area contributed by atoms with Crippen LogP contribution in [-0.4, -0.2) is 61.4 Å². The van der Waals surface area contributed by atoms with E-state index in [9.17, 15) is 35.9 Å². The predicted molar refractivity (Wildman–Crippen MR) is 138 cm³/mol. The number of halogens is 6. The maximum absolute atomic E-state index is 13.5. The molecule has 2 aromatic carbocycles. The number of alkyl halides is 6. The van der Waals surface area contributed by atoms with E-state index in [0.29, 0.717) is 31.0 Å². The van der Waals surface area contributed by atoms with Gasteiger partial charge in [0.1, 0.15) is 0 Å². The highest BCUT2D eigenvalue weighted by molar-refractivity contribution is 5.99. The van der Waals surface area contributed by atoms with Crippen LogP contribution in [0.15, 0.2) is 48.5 Å². The molecule has 0 N–H and O–H groups in total. The molecule has 0 spiro atoms. The number of hydrogen-bond acceptors (Lipinski definition) is 3. The summed E-state index contributed by atoms with van der Waals surface area (Å²) in [7, 11) is 1.51. The molecule has 2 aliphatic heterocycles. The van der Waals surface area contributed by atoms with E-state index in [1.165, 1.54) is 17.5 Å². The molecule has 4 rings (SSSR count). The third kappa shape index (κ3) is 7.56. The highest BCUT2D eigenvalue weighted by Gasteiger charge is 2.40. The lowest BCUT2D eigenvalue weighted by Gasteiger charge is -2.33. The first-order chi connectivity index (χ1) is 18.8. The third-order valence-electron chi connectivity index (χ3n) is 7.77. The van der Waals surface area contributed by atoms with Crippen molar-refractivity contribution in [1.82, 2.24) is 9.80 Å². The van der Waals surface area contributed by atoms with Gasteiger partial charge in [-0.25, -0.2) is 0 Å². The third-order valence-corrected chi connectivity index (χ3v) is 7.77. The van der Waals surface area contributed by atoms with Gasteiger partial charge in [-0.15, -0.1) is 0 Å². The average Bonchev–Trinajstić information content (AvgIpc) is 3.24. The Morgan fingerprint density at radius 3 is 2.08 bits per heavy atom. The average molecular weight is 570 g/mol. The van der Waals surface area contributed by atoms with Crippen molar-refractivity contribution in [2.24, 2.45) is 11.8 Å². The monoisotopic (exact) mass is 569 g/mol. The molecule has 5 nitrogen and oxygen atoms in total. The Kier molecular flexibility index (Phi) is 9.12. The van der Waals surface area contributed by atoms with Crippen LogP contribution in [0.4, 0.5) is 32.0 Å². The summed E-state index contributed by atoms with van der Waals surface area (Å²) in [6, 6.07) is 11.4. The number of benzene rings is 2. The van der Waals surface area contributed by atoms with E-state index in [4.69, 9.17) is 0 Å². The zero-order chi connectivity index (χ0) is 29.1. The Bertz CT molecular complexity index is 1140. The lowest BCUT2D eigenvalue weighted by molar-refractivity contribution is -0.143. The van der Waals surface area contributed by atoms with E-state index in [1.54, 1.807) is 0 Å². The van der Waals surface area contributed by atoms with E-state index >= 15 is 0 Å². The van der Waals surface area contributed by atoms with Crippen LogP contribution in [0.3, 0.4) is 0 Å². The second-order valence-corrected chi connectivity index (χ2v) is 10.8. The zero-order valence-corrected chi connectivity index (χ0v) is 22.3. The normalized spacial score (nSPS) is 19.3. The van der Waals surface area contributed by atoms with Crippen molar-refractivity contribution in [3.8, 4) is 0 Å². The molecular formula is C29H33F6N3O2. The lowest BCUT2D eigenvalue weighted by atomic mass is 9.90. The summed E-state index contributed by atoms with van der Waals surface area (Å²) in [5.74, 6) is -1.24. The number of likely N-dealkylation sites (tertiary alicyclic amines) is 2. The minimum atomic E-state index is -5.03. The molecule has 1 atom stereocenters. The van der Waals surface area contributed by atoms with Crippen LogP contribution in [0.1, 0.15) is 42.4 Å². The van der Waals surface area contributed by atoms with Gasteiger partial charge in [-0.05, 0) is 75.0 Å². The van der Waals surface area contributed by atoms with Crippen LogP contribution in [0, 0.1) is 11.8 Å². The zero-order valence-electron chi connectivity index (χ0n) is 22.3. The topological polar surface area (TPSA) is 43.9 Å². The largest absolute Gasteiger partial charge is 0.416 e. The maximum Gasteiger partial charge on any atom is 0.416 e. The Morgan fingerprint density at radius 2 is 1.55 bits per heavy atom. The molecule has 0 aliphatic carbocycles. The van der Waals surface area contributed by atoms with Gasteiger partial charge in [0.05, 0.1) is 17.0 Å². The Morgan fingerprint density at radius 1 is 0.950 bits per heavy atom. The van der Waals surface area contributed by atoms with E-state index in [1.807, 2.05) is 18.2 Å². The van der Waals surface area contributed by atoms with Crippen molar-refractivity contribution in [3.05, 3.63) is 65.2 Å². The smallest absolute Gasteiger partial charge is 0.345 e. The molecule has 11 heteroatoms. The Balaban J connectivity index is 1.47. The molecule has 0 radical (unpaired) electrons. The standard InChI is InChI=1S/C29H33F6N3O2/c1-36-19-22(15-26(36)39)27(40)38(25-17-23(28(30,31)32)16-24(18-25)29(33,34)35)11-5-10-37-12-8-21(9-13-37)14-20-6-3-2-4-7-20/h2-4,6-7,16-18,21-22H,5,8-15,19H2,1H3. The molecule has 2 fully saturated rings. The number of rotatable bonds is 8. The van der Waals surface area contributed by atoms with Crippen molar-refractivity contribution in [2.75, 3.05) is 44.7 Å². The van der Waals surface area contributed by atoms with Crippen LogP contribution in [0.2, 0.25) is 0 Å². The molecule has 0 aromatic heterocycles. The van der Waals surface area contributed by atoms with Gasteiger partial charge in [0.15, 0.2) is 0 Å². The van der Waals surface area contributed by atoms with Crippen LogP contribution in [0.25, 0.3) is 0 Å². The fourth-order valence-corrected chi connectivity index (χ4v) is 5.52. The number of carbonyl (C=O) groups is 2. The highest BCUT2D eigenvalue weighted by atomic mass is 19.4. The Hall–Kier alpha value is -3.08. The van der Waals surface area contributed by atoms with E-state index in [2.05, 4.69) is 17.0 Å². The fraction of sp³-hybridized carbons (Fsp3) is 0.517. The van der Waals surface area contributed by atoms with Crippen molar-refractivity contribution in [2.45, 2.75) is 44.5 Å². The van der Waals surface area contributed by atoms with Gasteiger partial charge in [0, 0.05) is 32.2 Å². The molecule has 1 unspecified atom stereocenters. The van der Waals surface area contributed by atoms with Gasteiger partial charge in [-0.2, -0.15) is 26.3 Å².